The average molecular weight is 152 g/mol. The van der Waals surface area contributed by atoms with Gasteiger partial charge in [0.1, 0.15) is 0 Å². The van der Waals surface area contributed by atoms with Crippen molar-refractivity contribution in [2.45, 2.75) is 13.8 Å². The van der Waals surface area contributed by atoms with Gasteiger partial charge in [-0.25, -0.2) is 4.79 Å². The molecular weight excluding hydrogens is 144 g/mol. The van der Waals surface area contributed by atoms with Crippen LogP contribution in [0.4, 0.5) is 0 Å². The molecule has 0 unspecified atom stereocenters. The molecule has 0 rings (SSSR count). The molecule has 0 amide bonds. The van der Waals surface area contributed by atoms with Gasteiger partial charge in [0.05, 0.1) is 0 Å². The van der Waals surface area contributed by atoms with Crippen molar-refractivity contribution < 1.29 is 27.3 Å². The first kappa shape index (κ1) is 10.7. The van der Waals surface area contributed by atoms with Gasteiger partial charge in [-0.2, -0.15) is 0 Å². The summed E-state index contributed by atoms with van der Waals surface area (Å²) >= 11 is 0. The molecule has 46 valence electrons. The summed E-state index contributed by atoms with van der Waals surface area (Å²) in [5.74, 6) is -0.845. The molecule has 0 aromatic heterocycles. The van der Waals surface area contributed by atoms with Crippen LogP contribution >= 0.6 is 0 Å². The molecule has 2 nitrogen and oxygen atoms in total. The molecule has 0 aromatic carbocycles. The molecular formula is C5H8CrO2. The van der Waals surface area contributed by atoms with Crippen molar-refractivity contribution in [1.82, 2.24) is 0 Å². The van der Waals surface area contributed by atoms with E-state index in [1.807, 2.05) is 0 Å². The third kappa shape index (κ3) is 3.92. The smallest absolute Gasteiger partial charge is 0.330 e. The zero-order valence-corrected chi connectivity index (χ0v) is 6.12. The maximum absolute atomic E-state index is 9.86. The van der Waals surface area contributed by atoms with Crippen LogP contribution in [0.1, 0.15) is 13.8 Å². The Morgan fingerprint density at radius 3 is 2.00 bits per heavy atom. The first-order chi connectivity index (χ1) is 3.18. The zero-order valence-electron chi connectivity index (χ0n) is 4.84. The first-order valence-electron chi connectivity index (χ1n) is 2.04. The van der Waals surface area contributed by atoms with Crippen molar-refractivity contribution in [1.29, 1.82) is 0 Å². The van der Waals surface area contributed by atoms with Crippen LogP contribution in [0.15, 0.2) is 11.6 Å². The van der Waals surface area contributed by atoms with Crippen molar-refractivity contribution in [2.75, 3.05) is 0 Å². The molecule has 0 spiro atoms. The van der Waals surface area contributed by atoms with E-state index in [2.05, 4.69) is 0 Å². The Morgan fingerprint density at radius 1 is 1.62 bits per heavy atom. The predicted octanol–water partition coefficient (Wildman–Crippen LogP) is 1.03. The van der Waals surface area contributed by atoms with Crippen molar-refractivity contribution >= 4 is 5.97 Å². The summed E-state index contributed by atoms with van der Waals surface area (Å²) in [7, 11) is 0. The van der Waals surface area contributed by atoms with Gasteiger partial charge in [0.15, 0.2) is 0 Å². The summed E-state index contributed by atoms with van der Waals surface area (Å²) in [5, 5.41) is 8.11. The SMILES string of the molecule is CC=C(C)C(=O)O.[Cr]. The molecule has 3 heteroatoms. The van der Waals surface area contributed by atoms with E-state index in [1.54, 1.807) is 19.9 Å². The van der Waals surface area contributed by atoms with Crippen LogP contribution in [0.3, 0.4) is 0 Å². The van der Waals surface area contributed by atoms with Crippen LogP contribution in [0, 0.1) is 0 Å². The van der Waals surface area contributed by atoms with Crippen LogP contribution in [0.2, 0.25) is 0 Å². The van der Waals surface area contributed by atoms with E-state index in [-0.39, 0.29) is 17.4 Å². The van der Waals surface area contributed by atoms with E-state index < -0.39 is 5.97 Å². The summed E-state index contributed by atoms with van der Waals surface area (Å²) < 4.78 is 0. The third-order valence-corrected chi connectivity index (χ3v) is 0.770. The molecule has 0 aliphatic heterocycles. The molecule has 0 aliphatic carbocycles. The molecule has 0 fully saturated rings. The Hall–Kier alpha value is -0.258. The fourth-order valence-electron chi connectivity index (χ4n) is 0.123. The summed E-state index contributed by atoms with van der Waals surface area (Å²) in [6.45, 7) is 3.26. The van der Waals surface area contributed by atoms with Gasteiger partial charge in [-0.3, -0.25) is 0 Å². The minimum absolute atomic E-state index is 0. The van der Waals surface area contributed by atoms with Crippen LogP contribution in [0.25, 0.3) is 0 Å². The molecule has 1 N–H and O–H groups in total. The summed E-state index contributed by atoms with van der Waals surface area (Å²) in [6.07, 6.45) is 1.56. The summed E-state index contributed by atoms with van der Waals surface area (Å²) in [4.78, 5) is 9.86. The van der Waals surface area contributed by atoms with Gasteiger partial charge in [0.25, 0.3) is 0 Å². The quantitative estimate of drug-likeness (QED) is 0.570. The minimum atomic E-state index is -0.845. The van der Waals surface area contributed by atoms with Gasteiger partial charge < -0.3 is 5.11 Å². The molecule has 0 saturated heterocycles. The van der Waals surface area contributed by atoms with Crippen LogP contribution in [-0.4, -0.2) is 11.1 Å². The number of rotatable bonds is 1. The Morgan fingerprint density at radius 2 is 2.00 bits per heavy atom. The standard InChI is InChI=1S/C5H8O2.Cr/c1-3-4(2)5(6)7;/h3H,1-2H3,(H,6,7);. The van der Waals surface area contributed by atoms with Crippen molar-refractivity contribution in [3.05, 3.63) is 11.6 Å². The molecule has 0 aromatic rings. The first-order valence-corrected chi connectivity index (χ1v) is 2.04. The number of hydrogen-bond acceptors (Lipinski definition) is 1. The summed E-state index contributed by atoms with van der Waals surface area (Å²) in [5.41, 5.74) is 0.389. The van der Waals surface area contributed by atoms with Gasteiger partial charge in [-0.1, -0.05) is 6.08 Å². The van der Waals surface area contributed by atoms with Gasteiger partial charge >= 0.3 is 5.97 Å². The number of carboxylic acids is 1. The van der Waals surface area contributed by atoms with Crippen molar-refractivity contribution in [2.24, 2.45) is 0 Å². The van der Waals surface area contributed by atoms with Gasteiger partial charge in [-0.05, 0) is 13.8 Å². The van der Waals surface area contributed by atoms with E-state index in [9.17, 15) is 4.79 Å². The molecule has 0 bridgehead atoms. The Bertz CT molecular complexity index is 107. The molecule has 0 atom stereocenters. The van der Waals surface area contributed by atoms with Crippen LogP contribution in [0.5, 0.6) is 0 Å². The third-order valence-electron chi connectivity index (χ3n) is 0.770. The Kier molecular flexibility index (Phi) is 6.53. The predicted molar refractivity (Wildman–Crippen MR) is 27.1 cm³/mol. The topological polar surface area (TPSA) is 37.3 Å². The van der Waals surface area contributed by atoms with E-state index in [4.69, 9.17) is 5.11 Å². The number of aliphatic carboxylic acids is 1. The second-order valence-corrected chi connectivity index (χ2v) is 1.28. The second kappa shape index (κ2) is 4.89. The van der Waals surface area contributed by atoms with Gasteiger partial charge in [-0.15, -0.1) is 0 Å². The maximum Gasteiger partial charge on any atom is 0.330 e. The largest absolute Gasteiger partial charge is 0.478 e. The number of carbonyl (C=O) groups is 1. The fraction of sp³-hybridized carbons (Fsp3) is 0.400. The second-order valence-electron chi connectivity index (χ2n) is 1.28. The van der Waals surface area contributed by atoms with Crippen molar-refractivity contribution in [3.8, 4) is 0 Å². The van der Waals surface area contributed by atoms with E-state index >= 15 is 0 Å². The monoisotopic (exact) mass is 152 g/mol. The normalized spacial score (nSPS) is 10.0. The summed E-state index contributed by atoms with van der Waals surface area (Å²) in [6, 6.07) is 0. The van der Waals surface area contributed by atoms with Gasteiger partial charge in [0.2, 0.25) is 0 Å². The van der Waals surface area contributed by atoms with E-state index in [0.717, 1.165) is 0 Å². The Balaban J connectivity index is 0. The van der Waals surface area contributed by atoms with Crippen LogP contribution < -0.4 is 0 Å². The molecule has 0 saturated carbocycles. The van der Waals surface area contributed by atoms with E-state index in [0.29, 0.717) is 5.57 Å². The molecule has 8 heavy (non-hydrogen) atoms. The average Bonchev–Trinajstić information content (AvgIpc) is 1.65. The van der Waals surface area contributed by atoms with Crippen molar-refractivity contribution in [3.63, 3.8) is 0 Å². The van der Waals surface area contributed by atoms with E-state index in [1.165, 1.54) is 0 Å². The zero-order chi connectivity index (χ0) is 5.86. The molecule has 0 aliphatic rings. The van der Waals surface area contributed by atoms with Crippen LogP contribution in [-0.2, 0) is 22.2 Å². The minimum Gasteiger partial charge on any atom is -0.478 e. The number of carboxylic acid groups (broad SMARTS) is 1. The number of hydrogen-bond donors (Lipinski definition) is 1. The number of allylic oxidation sites excluding steroid dienone is 1. The fourth-order valence-corrected chi connectivity index (χ4v) is 0.123. The molecule has 0 heterocycles. The maximum atomic E-state index is 9.86. The Labute approximate surface area is 59.3 Å². The van der Waals surface area contributed by atoms with Gasteiger partial charge in [0, 0.05) is 22.9 Å². The molecule has 0 radical (unpaired) electrons.